The predicted molar refractivity (Wildman–Crippen MR) is 115 cm³/mol. The van der Waals surface area contributed by atoms with Gasteiger partial charge in [-0.2, -0.15) is 0 Å². The third-order valence-corrected chi connectivity index (χ3v) is 5.02. The summed E-state index contributed by atoms with van der Waals surface area (Å²) in [6.45, 7) is 0.547. The van der Waals surface area contributed by atoms with Crippen molar-refractivity contribution in [1.29, 1.82) is 0 Å². The van der Waals surface area contributed by atoms with Crippen molar-refractivity contribution >= 4 is 18.1 Å². The topological polar surface area (TPSA) is 94.3 Å². The number of nitrogens with two attached hydrogens (primary N) is 1. The fourth-order valence-electron chi connectivity index (χ4n) is 3.65. The molecule has 150 valence electrons. The summed E-state index contributed by atoms with van der Waals surface area (Å²) in [6.07, 6.45) is 2.95. The van der Waals surface area contributed by atoms with Gasteiger partial charge in [-0.15, -0.1) is 0 Å². The molecule has 0 spiro atoms. The summed E-state index contributed by atoms with van der Waals surface area (Å²) in [5, 5.41) is 2.69. The Labute approximate surface area is 174 Å². The Hall–Kier alpha value is -3.93. The molecule has 0 saturated carbocycles. The van der Waals surface area contributed by atoms with Crippen LogP contribution in [-0.2, 0) is 4.74 Å². The molecule has 1 aliphatic rings. The van der Waals surface area contributed by atoms with Gasteiger partial charge < -0.3 is 15.8 Å². The lowest BCUT2D eigenvalue weighted by molar-refractivity contribution is 0.0995. The molecule has 6 nitrogen and oxygen atoms in total. The number of hydrogen-bond donors (Lipinski definition) is 2. The number of alkyl carbamates (subject to hydrolysis) is 1. The maximum atomic E-state index is 12.1. The summed E-state index contributed by atoms with van der Waals surface area (Å²) >= 11 is 0. The summed E-state index contributed by atoms with van der Waals surface area (Å²) in [5.41, 5.74) is 10.7. The first-order valence-corrected chi connectivity index (χ1v) is 9.66. The number of pyridine rings is 1. The maximum Gasteiger partial charge on any atom is 0.407 e. The number of fused-ring (bicyclic) bond motifs is 3. The Morgan fingerprint density at radius 2 is 1.63 bits per heavy atom. The molecule has 0 radical (unpaired) electrons. The quantitative estimate of drug-likeness (QED) is 0.660. The van der Waals surface area contributed by atoms with Crippen LogP contribution in [0.2, 0.25) is 0 Å². The number of rotatable bonds is 6. The van der Waals surface area contributed by atoms with Crippen molar-refractivity contribution in [1.82, 2.24) is 10.3 Å². The van der Waals surface area contributed by atoms with E-state index in [1.807, 2.05) is 24.3 Å². The Balaban J connectivity index is 1.32. The second-order valence-corrected chi connectivity index (χ2v) is 6.92. The van der Waals surface area contributed by atoms with Crippen LogP contribution in [0.3, 0.4) is 0 Å². The minimum absolute atomic E-state index is 0.0273. The molecule has 0 aliphatic heterocycles. The van der Waals surface area contributed by atoms with Crippen molar-refractivity contribution < 1.29 is 14.3 Å². The van der Waals surface area contributed by atoms with Crippen molar-refractivity contribution in [3.05, 3.63) is 95.3 Å². The number of carbonyl (C=O) groups excluding carboxylic acids is 2. The number of ether oxygens (including phenoxy) is 1. The van der Waals surface area contributed by atoms with Gasteiger partial charge in [0.25, 0.3) is 5.91 Å². The van der Waals surface area contributed by atoms with Crippen LogP contribution in [0, 0.1) is 0 Å². The predicted octanol–water partition coefficient (Wildman–Crippen LogP) is 3.73. The summed E-state index contributed by atoms with van der Waals surface area (Å²) in [7, 11) is 0. The van der Waals surface area contributed by atoms with Crippen LogP contribution in [0.25, 0.3) is 17.2 Å². The van der Waals surface area contributed by atoms with Gasteiger partial charge in [0.15, 0.2) is 0 Å². The lowest BCUT2D eigenvalue weighted by atomic mass is 9.98. The van der Waals surface area contributed by atoms with E-state index >= 15 is 0 Å². The summed E-state index contributed by atoms with van der Waals surface area (Å²) in [6, 6.07) is 21.4. The van der Waals surface area contributed by atoms with Crippen LogP contribution in [0.4, 0.5) is 4.79 Å². The zero-order valence-corrected chi connectivity index (χ0v) is 16.2. The average molecular weight is 399 g/mol. The number of nitrogens with one attached hydrogen (secondary N) is 1. The summed E-state index contributed by atoms with van der Waals surface area (Å²) in [4.78, 5) is 27.4. The van der Waals surface area contributed by atoms with Crippen molar-refractivity contribution in [2.24, 2.45) is 5.73 Å². The van der Waals surface area contributed by atoms with E-state index in [1.165, 1.54) is 22.3 Å². The molecule has 2 aromatic carbocycles. The third kappa shape index (κ3) is 4.07. The molecule has 1 aliphatic carbocycles. The number of carbonyl (C=O) groups is 2. The van der Waals surface area contributed by atoms with Gasteiger partial charge in [0.2, 0.25) is 0 Å². The first-order chi connectivity index (χ1) is 14.6. The summed E-state index contributed by atoms with van der Waals surface area (Å²) in [5.74, 6) is -0.554. The molecule has 0 fully saturated rings. The Morgan fingerprint density at radius 1 is 0.967 bits per heavy atom. The van der Waals surface area contributed by atoms with E-state index in [4.69, 9.17) is 10.5 Å². The zero-order chi connectivity index (χ0) is 20.9. The monoisotopic (exact) mass is 399 g/mol. The van der Waals surface area contributed by atoms with Crippen LogP contribution < -0.4 is 11.1 Å². The van der Waals surface area contributed by atoms with E-state index in [2.05, 4.69) is 34.6 Å². The van der Waals surface area contributed by atoms with Gasteiger partial charge in [-0.1, -0.05) is 60.7 Å². The third-order valence-electron chi connectivity index (χ3n) is 5.02. The molecule has 3 N–H and O–H groups in total. The minimum Gasteiger partial charge on any atom is -0.449 e. The molecule has 0 unspecified atom stereocenters. The lowest BCUT2D eigenvalue weighted by Gasteiger charge is -2.14. The van der Waals surface area contributed by atoms with Gasteiger partial charge in [-0.25, -0.2) is 9.78 Å². The molecule has 2 amide bonds. The van der Waals surface area contributed by atoms with E-state index in [9.17, 15) is 9.59 Å². The molecule has 0 atom stereocenters. The number of hydrogen-bond acceptors (Lipinski definition) is 4. The molecular weight excluding hydrogens is 378 g/mol. The largest absolute Gasteiger partial charge is 0.449 e. The van der Waals surface area contributed by atoms with E-state index < -0.39 is 12.0 Å². The number of nitrogens with zero attached hydrogens (tertiary/aromatic N) is 1. The second kappa shape index (κ2) is 8.61. The normalized spacial score (nSPS) is 12.4. The molecule has 1 aromatic heterocycles. The molecule has 4 rings (SSSR count). The van der Waals surface area contributed by atoms with Crippen molar-refractivity contribution in [3.8, 4) is 11.1 Å². The average Bonchev–Trinajstić information content (AvgIpc) is 3.09. The number of amides is 2. The number of benzene rings is 2. The Bertz CT molecular complexity index is 1080. The molecule has 0 bridgehead atoms. The highest BCUT2D eigenvalue weighted by atomic mass is 16.5. The number of primary amides is 1. The number of aromatic nitrogens is 1. The van der Waals surface area contributed by atoms with Crippen LogP contribution in [-0.4, -0.2) is 30.1 Å². The Morgan fingerprint density at radius 3 is 2.30 bits per heavy atom. The van der Waals surface area contributed by atoms with Gasteiger partial charge in [0, 0.05) is 12.5 Å². The highest BCUT2D eigenvalue weighted by Gasteiger charge is 2.28. The molecule has 6 heteroatoms. The molecule has 30 heavy (non-hydrogen) atoms. The van der Waals surface area contributed by atoms with Gasteiger partial charge in [0.1, 0.15) is 12.3 Å². The molecule has 3 aromatic rings. The van der Waals surface area contributed by atoms with Gasteiger partial charge >= 0.3 is 6.09 Å². The van der Waals surface area contributed by atoms with Gasteiger partial charge in [-0.3, -0.25) is 4.79 Å². The van der Waals surface area contributed by atoms with E-state index in [1.54, 1.807) is 30.4 Å². The Kier molecular flexibility index (Phi) is 5.57. The minimum atomic E-state index is -0.581. The van der Waals surface area contributed by atoms with Crippen LogP contribution in [0.5, 0.6) is 0 Å². The standard InChI is InChI=1S/C24H21N3O3/c25-23(28)22-13-5-7-16(27-22)8-6-14-26-24(29)30-15-21-19-11-3-1-9-17(19)18-10-2-4-12-20(18)21/h1-13,21H,14-15H2,(H2,25,28)(H,26,29). The SMILES string of the molecule is NC(=O)c1cccc(C=CCNC(=O)OCC2c3ccccc3-c3ccccc32)n1. The van der Waals surface area contributed by atoms with E-state index in [-0.39, 0.29) is 24.8 Å². The molecule has 0 saturated heterocycles. The molecule has 1 heterocycles. The van der Waals surface area contributed by atoms with E-state index in [0.717, 1.165) is 0 Å². The van der Waals surface area contributed by atoms with Crippen molar-refractivity contribution in [2.75, 3.05) is 13.2 Å². The first-order valence-electron chi connectivity index (χ1n) is 9.66. The van der Waals surface area contributed by atoms with Gasteiger partial charge in [0.05, 0.1) is 5.69 Å². The van der Waals surface area contributed by atoms with Crippen LogP contribution in [0.15, 0.2) is 72.8 Å². The van der Waals surface area contributed by atoms with Crippen LogP contribution in [0.1, 0.15) is 33.2 Å². The lowest BCUT2D eigenvalue weighted by Crippen LogP contribution is -2.26. The van der Waals surface area contributed by atoms with Crippen molar-refractivity contribution in [2.45, 2.75) is 5.92 Å². The van der Waals surface area contributed by atoms with Crippen LogP contribution >= 0.6 is 0 Å². The fraction of sp³-hybridized carbons (Fsp3) is 0.125. The first kappa shape index (κ1) is 19.4. The maximum absolute atomic E-state index is 12.1. The second-order valence-electron chi connectivity index (χ2n) is 6.92. The van der Waals surface area contributed by atoms with Crippen molar-refractivity contribution in [3.63, 3.8) is 0 Å². The molecular formula is C24H21N3O3. The highest BCUT2D eigenvalue weighted by molar-refractivity contribution is 5.90. The highest BCUT2D eigenvalue weighted by Crippen LogP contribution is 2.44. The summed E-state index contributed by atoms with van der Waals surface area (Å²) < 4.78 is 5.48. The van der Waals surface area contributed by atoms with E-state index in [0.29, 0.717) is 5.69 Å². The fourth-order valence-corrected chi connectivity index (χ4v) is 3.65. The zero-order valence-electron chi connectivity index (χ0n) is 16.2. The smallest absolute Gasteiger partial charge is 0.407 e. The van der Waals surface area contributed by atoms with Gasteiger partial charge in [-0.05, 0) is 40.5 Å².